The molecule has 0 bridgehead atoms. The minimum absolute atomic E-state index is 0. The minimum atomic E-state index is -4.52. The summed E-state index contributed by atoms with van der Waals surface area (Å²) in [4.78, 5) is -0.230. The van der Waals surface area contributed by atoms with Gasteiger partial charge in [-0.1, -0.05) is 76.5 Å². The summed E-state index contributed by atoms with van der Waals surface area (Å²) in [6.45, 7) is 2.23. The van der Waals surface area contributed by atoms with E-state index in [0.717, 1.165) is 24.8 Å². The van der Waals surface area contributed by atoms with E-state index in [1.165, 1.54) is 57.1 Å². The van der Waals surface area contributed by atoms with Crippen LogP contribution in [0, 0.1) is 0 Å². The molecule has 0 fully saturated rings. The molecule has 2 aromatic carbocycles. The van der Waals surface area contributed by atoms with Crippen LogP contribution < -0.4 is 56.1 Å². The maximum absolute atomic E-state index is 11.5. The second-order valence-electron chi connectivity index (χ2n) is 7.26. The van der Waals surface area contributed by atoms with E-state index in [-0.39, 0.29) is 56.3 Å². The fourth-order valence-corrected chi connectivity index (χ4v) is 3.80. The van der Waals surface area contributed by atoms with Crippen molar-refractivity contribution in [3.8, 4) is 11.5 Å². The van der Waals surface area contributed by atoms with Crippen LogP contribution in [0.1, 0.15) is 70.3 Å². The van der Waals surface area contributed by atoms with Crippen molar-refractivity contribution in [2.75, 3.05) is 0 Å². The van der Waals surface area contributed by atoms with Crippen LogP contribution in [-0.2, 0) is 16.5 Å². The molecule has 0 aliphatic carbocycles. The number of hydrogen-bond acceptors (Lipinski definition) is 4. The Kier molecular flexibility index (Phi) is 13.6. The zero-order valence-electron chi connectivity index (χ0n) is 17.7. The van der Waals surface area contributed by atoms with Crippen molar-refractivity contribution in [3.05, 3.63) is 54.1 Å². The molecule has 0 spiro atoms. The zero-order valence-corrected chi connectivity index (χ0v) is 21.7. The van der Waals surface area contributed by atoms with Gasteiger partial charge in [-0.15, -0.1) is 0 Å². The third kappa shape index (κ3) is 11.1. The van der Waals surface area contributed by atoms with Gasteiger partial charge in [-0.05, 0) is 48.7 Å². The molecule has 6 heteroatoms. The number of benzene rings is 2. The first-order chi connectivity index (χ1) is 13.5. The molecule has 0 N–H and O–H groups in total. The average molecular weight is 443 g/mol. The summed E-state index contributed by atoms with van der Waals surface area (Å²) in [7, 11) is -4.52. The summed E-state index contributed by atoms with van der Waals surface area (Å²) in [5, 5.41) is 0. The fourth-order valence-electron chi connectivity index (χ4n) is 3.24. The Bertz CT molecular complexity index is 807. The number of aryl methyl sites for hydroxylation is 1. The Labute approximate surface area is 218 Å². The third-order valence-electron chi connectivity index (χ3n) is 4.78. The number of hydrogen-bond donors (Lipinski definition) is 0. The first kappa shape index (κ1) is 26.8. The molecule has 29 heavy (non-hydrogen) atoms. The van der Waals surface area contributed by atoms with Gasteiger partial charge in [0.2, 0.25) is 0 Å². The van der Waals surface area contributed by atoms with Gasteiger partial charge in [0.15, 0.2) is 0 Å². The maximum atomic E-state index is 11.5. The summed E-state index contributed by atoms with van der Waals surface area (Å²) in [6, 6.07) is 13.7. The molecule has 0 aliphatic rings. The summed E-state index contributed by atoms with van der Waals surface area (Å²) >= 11 is 0. The topological polar surface area (TPSA) is 66.4 Å². The van der Waals surface area contributed by atoms with Gasteiger partial charge in [-0.2, -0.15) is 0 Å². The van der Waals surface area contributed by atoms with Gasteiger partial charge in [-0.25, -0.2) is 8.42 Å². The molecule has 0 aliphatic heterocycles. The summed E-state index contributed by atoms with van der Waals surface area (Å²) < 4.78 is 40.2. The quantitative estimate of drug-likeness (QED) is 0.271. The van der Waals surface area contributed by atoms with Gasteiger partial charge in [0.25, 0.3) is 0 Å². The molecule has 0 amide bonds. The van der Waals surface area contributed by atoms with E-state index in [2.05, 4.69) is 6.92 Å². The zero-order chi connectivity index (χ0) is 20.2. The van der Waals surface area contributed by atoms with Crippen molar-refractivity contribution in [2.24, 2.45) is 0 Å². The molecular weight excluding hydrogens is 411 g/mol. The number of ether oxygens (including phenoxy) is 1. The van der Waals surface area contributed by atoms with Gasteiger partial charge < -0.3 is 9.29 Å². The summed E-state index contributed by atoms with van der Waals surface area (Å²) in [6.07, 6.45) is 11.8. The molecular formula is C23H31KO4S. The average Bonchev–Trinajstić information content (AvgIpc) is 2.67. The number of para-hydroxylation sites is 1. The van der Waals surface area contributed by atoms with Gasteiger partial charge in [-0.3, -0.25) is 0 Å². The molecule has 0 aromatic heterocycles. The van der Waals surface area contributed by atoms with Crippen LogP contribution in [0.4, 0.5) is 0 Å². The van der Waals surface area contributed by atoms with E-state index >= 15 is 0 Å². The van der Waals surface area contributed by atoms with Crippen LogP contribution in [0.15, 0.2) is 53.4 Å². The molecule has 0 saturated carbocycles. The molecule has 0 radical (unpaired) electrons. The Morgan fingerprint density at radius 2 is 1.38 bits per heavy atom. The predicted molar refractivity (Wildman–Crippen MR) is 112 cm³/mol. The molecule has 4 nitrogen and oxygen atoms in total. The normalized spacial score (nSPS) is 11.1. The van der Waals surface area contributed by atoms with E-state index in [1.54, 1.807) is 12.1 Å². The molecule has 154 valence electrons. The molecule has 0 saturated heterocycles. The van der Waals surface area contributed by atoms with Crippen molar-refractivity contribution < 1.29 is 69.1 Å². The van der Waals surface area contributed by atoms with Gasteiger partial charge >= 0.3 is 51.4 Å². The Balaban J connectivity index is 0.00000420. The van der Waals surface area contributed by atoms with Gasteiger partial charge in [0.1, 0.15) is 21.6 Å². The SMILES string of the molecule is CCCCCCCCCCCc1cc(Oc2ccccc2)cc(S(=O)(=O)[O-])c1.[K+]. The van der Waals surface area contributed by atoms with Crippen LogP contribution in [0.25, 0.3) is 0 Å². The van der Waals surface area contributed by atoms with Crippen LogP contribution >= 0.6 is 0 Å². The van der Waals surface area contributed by atoms with E-state index in [0.29, 0.717) is 11.5 Å². The monoisotopic (exact) mass is 442 g/mol. The third-order valence-corrected chi connectivity index (χ3v) is 5.59. The van der Waals surface area contributed by atoms with Crippen molar-refractivity contribution in [1.82, 2.24) is 0 Å². The van der Waals surface area contributed by atoms with Crippen LogP contribution in [-0.4, -0.2) is 13.0 Å². The van der Waals surface area contributed by atoms with Crippen LogP contribution in [0.2, 0.25) is 0 Å². The molecule has 0 atom stereocenters. The van der Waals surface area contributed by atoms with Crippen molar-refractivity contribution >= 4 is 10.1 Å². The summed E-state index contributed by atoms with van der Waals surface area (Å²) in [5.41, 5.74) is 0.825. The first-order valence-electron chi connectivity index (χ1n) is 10.3. The van der Waals surface area contributed by atoms with Crippen LogP contribution in [0.3, 0.4) is 0 Å². The predicted octanol–water partition coefficient (Wildman–Crippen LogP) is 3.46. The second kappa shape index (κ2) is 14.7. The Hall–Kier alpha value is -0.214. The van der Waals surface area contributed by atoms with E-state index in [9.17, 15) is 13.0 Å². The molecule has 0 unspecified atom stereocenters. The molecule has 2 aromatic rings. The largest absolute Gasteiger partial charge is 1.00 e. The second-order valence-corrected chi connectivity index (χ2v) is 8.64. The molecule has 2 rings (SSSR count). The van der Waals surface area contributed by atoms with Gasteiger partial charge in [0.05, 0.1) is 4.90 Å². The molecule has 0 heterocycles. The minimum Gasteiger partial charge on any atom is -0.744 e. The number of unbranched alkanes of at least 4 members (excludes halogenated alkanes) is 8. The fraction of sp³-hybridized carbons (Fsp3) is 0.478. The standard InChI is InChI=1S/C23H32O4S.K/c1-2-3-4-5-6-7-8-9-11-14-20-17-22(19-23(18-20)28(24,25)26)27-21-15-12-10-13-16-21;/h10,12-13,15-19H,2-9,11,14H2,1H3,(H,24,25,26);/q;+1/p-1. The van der Waals surface area contributed by atoms with Crippen molar-refractivity contribution in [3.63, 3.8) is 0 Å². The van der Waals surface area contributed by atoms with E-state index in [4.69, 9.17) is 4.74 Å². The summed E-state index contributed by atoms with van der Waals surface area (Å²) in [5.74, 6) is 0.992. The maximum Gasteiger partial charge on any atom is 1.00 e. The number of rotatable bonds is 13. The first-order valence-corrected chi connectivity index (χ1v) is 11.7. The van der Waals surface area contributed by atoms with Crippen LogP contribution in [0.5, 0.6) is 11.5 Å². The van der Waals surface area contributed by atoms with Crippen molar-refractivity contribution in [1.29, 1.82) is 0 Å². The smallest absolute Gasteiger partial charge is 0.744 e. The Morgan fingerprint density at radius 3 is 1.97 bits per heavy atom. The Morgan fingerprint density at radius 1 is 0.793 bits per heavy atom. The van der Waals surface area contributed by atoms with E-state index in [1.807, 2.05) is 24.3 Å². The van der Waals surface area contributed by atoms with E-state index < -0.39 is 10.1 Å². The van der Waals surface area contributed by atoms with Gasteiger partial charge in [0, 0.05) is 0 Å². The van der Waals surface area contributed by atoms with Crippen molar-refractivity contribution in [2.45, 2.75) is 76.0 Å².